The maximum atomic E-state index is 15.0. The molecule has 6 rings (SSSR count). The van der Waals surface area contributed by atoms with Crippen molar-refractivity contribution in [2.75, 3.05) is 14.2 Å². The molecule has 1 heterocycles. The number of Topliss-reactive ketones (excluding diaryl/α,β-unsaturated/α-hetero) is 2. The molecule has 0 spiro atoms. The van der Waals surface area contributed by atoms with E-state index in [0.717, 1.165) is 7.11 Å². The topological polar surface area (TPSA) is 259 Å². The zero-order valence-electron chi connectivity index (χ0n) is 32.1. The Morgan fingerprint density at radius 2 is 1.68 bits per heavy atom. The van der Waals surface area contributed by atoms with E-state index in [2.05, 4.69) is 0 Å². The van der Waals surface area contributed by atoms with E-state index >= 15 is 0 Å². The van der Waals surface area contributed by atoms with E-state index in [0.29, 0.717) is 12.0 Å². The molecular weight excluding hydrogens is 746 g/mol. The summed E-state index contributed by atoms with van der Waals surface area (Å²) in [5.41, 5.74) is -0.00270. The van der Waals surface area contributed by atoms with Gasteiger partial charge < -0.3 is 55.0 Å². The van der Waals surface area contributed by atoms with Crippen LogP contribution in [-0.2, 0) is 48.5 Å². The Balaban J connectivity index is 1.45. The molecule has 16 nitrogen and oxygen atoms in total. The van der Waals surface area contributed by atoms with Crippen molar-refractivity contribution >= 4 is 35.2 Å². The number of phenolic OH excluding ortho intramolecular Hbond substituents is 2. The molecule has 1 aliphatic heterocycles. The molecule has 0 radical (unpaired) electrons. The van der Waals surface area contributed by atoms with Gasteiger partial charge >= 0.3 is 11.9 Å². The van der Waals surface area contributed by atoms with Crippen molar-refractivity contribution in [3.8, 4) is 11.5 Å². The zero-order chi connectivity index (χ0) is 41.9. The Morgan fingerprint density at radius 3 is 2.26 bits per heavy atom. The first-order valence-corrected chi connectivity index (χ1v) is 18.4. The summed E-state index contributed by atoms with van der Waals surface area (Å²) in [5, 5.41) is 57.1. The van der Waals surface area contributed by atoms with E-state index in [1.54, 1.807) is 39.8 Å². The van der Waals surface area contributed by atoms with Crippen molar-refractivity contribution in [3.63, 3.8) is 0 Å². The van der Waals surface area contributed by atoms with Crippen molar-refractivity contribution in [2.24, 2.45) is 17.6 Å². The molecule has 304 valence electrons. The summed E-state index contributed by atoms with van der Waals surface area (Å²) < 4.78 is 29.1. The zero-order valence-corrected chi connectivity index (χ0v) is 32.1. The number of ketones is 2. The first-order valence-electron chi connectivity index (χ1n) is 18.4. The maximum absolute atomic E-state index is 15.0. The fourth-order valence-electron chi connectivity index (χ4n) is 8.82. The number of benzene rings is 2. The number of carbonyl (C=O) groups is 5. The van der Waals surface area contributed by atoms with Gasteiger partial charge in [0.25, 0.3) is 5.91 Å². The summed E-state index contributed by atoms with van der Waals surface area (Å²) in [7, 11) is 2.33. The molecule has 9 atom stereocenters. The molecule has 57 heavy (non-hydrogen) atoms. The number of hydrogen-bond acceptors (Lipinski definition) is 15. The second-order valence-corrected chi connectivity index (χ2v) is 14.6. The van der Waals surface area contributed by atoms with Crippen LogP contribution in [0.3, 0.4) is 0 Å². The summed E-state index contributed by atoms with van der Waals surface area (Å²) in [4.78, 5) is 67.7. The van der Waals surface area contributed by atoms with Gasteiger partial charge in [-0.2, -0.15) is 0 Å². The number of primary amides is 1. The summed E-state index contributed by atoms with van der Waals surface area (Å²) in [5.74, 6) is -11.3. The number of fused-ring (bicyclic) bond motifs is 3. The molecule has 1 saturated carbocycles. The van der Waals surface area contributed by atoms with Crippen LogP contribution in [0.15, 0.2) is 65.0 Å². The van der Waals surface area contributed by atoms with Crippen LogP contribution in [0.25, 0.3) is 5.76 Å². The van der Waals surface area contributed by atoms with Crippen LogP contribution in [0.2, 0.25) is 0 Å². The highest BCUT2D eigenvalue weighted by atomic mass is 16.6. The van der Waals surface area contributed by atoms with Crippen LogP contribution in [0, 0.1) is 11.8 Å². The monoisotopic (exact) mass is 791 g/mol. The van der Waals surface area contributed by atoms with Crippen LogP contribution in [-0.4, -0.2) is 99.2 Å². The van der Waals surface area contributed by atoms with Gasteiger partial charge in [0, 0.05) is 49.2 Å². The molecule has 2 fully saturated rings. The van der Waals surface area contributed by atoms with Crippen LogP contribution < -0.4 is 5.73 Å². The number of amides is 1. The quantitative estimate of drug-likeness (QED) is 0.121. The van der Waals surface area contributed by atoms with E-state index in [4.69, 9.17) is 29.4 Å². The van der Waals surface area contributed by atoms with Gasteiger partial charge in [-0.15, -0.1) is 0 Å². The van der Waals surface area contributed by atoms with Crippen LogP contribution in [0.5, 0.6) is 11.5 Å². The highest BCUT2D eigenvalue weighted by molar-refractivity contribution is 6.24. The number of aliphatic hydroxyl groups excluding tert-OH is 3. The number of rotatable bonds is 9. The van der Waals surface area contributed by atoms with Crippen molar-refractivity contribution in [3.05, 3.63) is 87.2 Å². The fourth-order valence-corrected chi connectivity index (χ4v) is 8.82. The minimum Gasteiger partial charge on any atom is -0.508 e. The molecule has 0 bridgehead atoms. The number of ether oxygens (including phenoxy) is 5. The number of aliphatic hydroxyl groups is 3. The Labute approximate surface area is 327 Å². The van der Waals surface area contributed by atoms with E-state index in [9.17, 15) is 49.5 Å². The van der Waals surface area contributed by atoms with E-state index in [-0.39, 0.29) is 35.1 Å². The van der Waals surface area contributed by atoms with Crippen LogP contribution in [0.1, 0.15) is 80.1 Å². The van der Waals surface area contributed by atoms with E-state index < -0.39 is 117 Å². The summed E-state index contributed by atoms with van der Waals surface area (Å²) >= 11 is 0. The maximum Gasteiger partial charge on any atom is 0.342 e. The third-order valence-electron chi connectivity index (χ3n) is 11.9. The first kappa shape index (κ1) is 41.1. The molecule has 4 aliphatic rings. The molecule has 2 aromatic carbocycles. The number of esters is 2. The Bertz CT molecular complexity index is 2140. The smallest absolute Gasteiger partial charge is 0.342 e. The lowest BCUT2D eigenvalue weighted by Crippen LogP contribution is -2.66. The molecular formula is C41H45NO15. The van der Waals surface area contributed by atoms with Gasteiger partial charge in [-0.3, -0.25) is 14.4 Å². The number of aromatic hydroxyl groups is 2. The Hall–Kier alpha value is -5.55. The second kappa shape index (κ2) is 15.1. The highest BCUT2D eigenvalue weighted by Gasteiger charge is 2.68. The van der Waals surface area contributed by atoms with Gasteiger partial charge in [-0.05, 0) is 51.3 Å². The van der Waals surface area contributed by atoms with Crippen molar-refractivity contribution in [1.82, 2.24) is 0 Å². The lowest BCUT2D eigenvalue weighted by atomic mass is 9.55. The predicted molar refractivity (Wildman–Crippen MR) is 197 cm³/mol. The number of nitrogens with two attached hydrogens (primary N) is 1. The summed E-state index contributed by atoms with van der Waals surface area (Å²) in [6.07, 6.45) is -4.51. The van der Waals surface area contributed by atoms with E-state index in [1.165, 1.54) is 37.4 Å². The molecule has 1 saturated heterocycles. The summed E-state index contributed by atoms with van der Waals surface area (Å²) in [6.45, 7) is 6.66. The van der Waals surface area contributed by atoms with Gasteiger partial charge in [0.1, 0.15) is 34.2 Å². The average Bonchev–Trinajstić information content (AvgIpc) is 3.17. The highest BCUT2D eigenvalue weighted by Crippen LogP contribution is 2.60. The third kappa shape index (κ3) is 6.18. The Kier molecular flexibility index (Phi) is 10.9. The second-order valence-electron chi connectivity index (χ2n) is 14.6. The van der Waals surface area contributed by atoms with E-state index in [1.807, 2.05) is 0 Å². The molecule has 16 heteroatoms. The van der Waals surface area contributed by atoms with Crippen molar-refractivity contribution in [1.29, 1.82) is 0 Å². The van der Waals surface area contributed by atoms with Crippen LogP contribution >= 0.6 is 0 Å². The molecule has 9 unspecified atom stereocenters. The minimum atomic E-state index is -2.63. The molecule has 0 aromatic heterocycles. The Morgan fingerprint density at radius 1 is 1.00 bits per heavy atom. The largest absolute Gasteiger partial charge is 0.508 e. The van der Waals surface area contributed by atoms with Gasteiger partial charge in [0.05, 0.1) is 29.5 Å². The summed E-state index contributed by atoms with van der Waals surface area (Å²) in [6, 6.07) is 8.36. The normalized spacial score (nSPS) is 31.3. The average molecular weight is 792 g/mol. The predicted octanol–water partition coefficient (Wildman–Crippen LogP) is 3.42. The molecule has 3 aliphatic carbocycles. The van der Waals surface area contributed by atoms with Gasteiger partial charge in [-0.1, -0.05) is 37.3 Å². The fraction of sp³-hybridized carbons (Fsp3) is 0.439. The number of allylic oxidation sites excluding steroid dienone is 1. The first-order chi connectivity index (χ1) is 26.9. The van der Waals surface area contributed by atoms with Crippen molar-refractivity contribution < 1.29 is 73.2 Å². The number of phenols is 2. The lowest BCUT2D eigenvalue weighted by molar-refractivity contribution is -0.191. The third-order valence-corrected chi connectivity index (χ3v) is 11.9. The number of hydrogen-bond donors (Lipinski definition) is 6. The number of methoxy groups -OCH3 is 2. The molecule has 2 aromatic rings. The lowest BCUT2D eigenvalue weighted by Gasteiger charge is -2.53. The standard InChI is InChI=1S/C41H45NO15/c1-7-18(8-2)38(51)56-33-17(3)55-26(16-25(33)44)20-13-14-21-27(30(20)45)31(46)28-22(40(21,4)53-5)15-23-34(57-39(52)19-11-9-10-12-24(19)43)32(47)29(37(42)50)36(49)41(23,54-6)35(28)48/h7,9-14,17,22-23,25-26,33-34,43-46,49H,8,15-16H2,1-6H3,(H2,42,50)/b18-7+. The van der Waals surface area contributed by atoms with Crippen molar-refractivity contribution in [2.45, 2.75) is 88.7 Å². The molecule has 7 N–H and O–H groups in total. The number of para-hydroxylation sites is 1. The molecule has 1 amide bonds. The number of carbonyl (C=O) groups excluding carboxylic acids is 5. The van der Waals surface area contributed by atoms with Crippen LogP contribution in [0.4, 0.5) is 0 Å². The SMILES string of the molecule is C/C=C(\CC)C(=O)OC1C(O)CC(c2ccc3c(c2O)C(O)=C2C(=O)C4(OC)C(O)=C(C(N)=O)C(=O)C(OC(=O)c5ccccc5O)C4CC2C3(C)OC)OC1C. The van der Waals surface area contributed by atoms with Gasteiger partial charge in [-0.25, -0.2) is 9.59 Å². The van der Waals surface area contributed by atoms with Gasteiger partial charge in [0.2, 0.25) is 11.6 Å². The minimum absolute atomic E-state index is 0.108. The van der Waals surface area contributed by atoms with Gasteiger partial charge in [0.15, 0.2) is 17.8 Å².